The highest BCUT2D eigenvalue weighted by atomic mass is 16.2. The van der Waals surface area contributed by atoms with Gasteiger partial charge in [0.15, 0.2) is 0 Å². The van der Waals surface area contributed by atoms with E-state index in [0.29, 0.717) is 12.5 Å². The Morgan fingerprint density at radius 3 is 2.54 bits per heavy atom. The molecule has 26 heavy (non-hydrogen) atoms. The Bertz CT molecular complexity index is 1000. The SMILES string of the molecule is Cc1cc(C)c2[nH]c(C)c(CC(=O)N3CC(n4nc(C)cc4C)C3)c2c1. The van der Waals surface area contributed by atoms with E-state index in [0.717, 1.165) is 41.3 Å². The van der Waals surface area contributed by atoms with Crippen LogP contribution in [-0.2, 0) is 11.2 Å². The molecule has 0 saturated carbocycles. The molecule has 4 rings (SSSR count). The van der Waals surface area contributed by atoms with Crippen molar-refractivity contribution in [3.8, 4) is 0 Å². The van der Waals surface area contributed by atoms with Crippen LogP contribution >= 0.6 is 0 Å². The van der Waals surface area contributed by atoms with E-state index in [2.05, 4.69) is 60.7 Å². The van der Waals surface area contributed by atoms with Crippen LogP contribution in [0.3, 0.4) is 0 Å². The fraction of sp³-hybridized carbons (Fsp3) is 0.429. The second-order valence-corrected chi connectivity index (χ2v) is 7.73. The number of nitrogens with one attached hydrogen (secondary N) is 1. The molecule has 5 heteroatoms. The Morgan fingerprint density at radius 1 is 1.15 bits per heavy atom. The minimum atomic E-state index is 0.200. The molecule has 0 bridgehead atoms. The number of amides is 1. The lowest BCUT2D eigenvalue weighted by Gasteiger charge is -2.39. The normalized spacial score (nSPS) is 14.9. The lowest BCUT2D eigenvalue weighted by molar-refractivity contribution is -0.136. The molecule has 2 aromatic heterocycles. The van der Waals surface area contributed by atoms with E-state index in [1.807, 2.05) is 11.8 Å². The van der Waals surface area contributed by atoms with Gasteiger partial charge in [-0.2, -0.15) is 5.10 Å². The zero-order valence-corrected chi connectivity index (χ0v) is 16.2. The highest BCUT2D eigenvalue weighted by Crippen LogP contribution is 2.29. The Hall–Kier alpha value is -2.56. The Labute approximate surface area is 154 Å². The van der Waals surface area contributed by atoms with Crippen molar-refractivity contribution in [2.24, 2.45) is 0 Å². The van der Waals surface area contributed by atoms with Gasteiger partial charge in [-0.3, -0.25) is 9.48 Å². The van der Waals surface area contributed by atoms with Crippen LogP contribution in [0, 0.1) is 34.6 Å². The van der Waals surface area contributed by atoms with Crippen molar-refractivity contribution < 1.29 is 4.79 Å². The Morgan fingerprint density at radius 2 is 1.88 bits per heavy atom. The van der Waals surface area contributed by atoms with Crippen molar-refractivity contribution in [3.63, 3.8) is 0 Å². The predicted octanol–water partition coefficient (Wildman–Crippen LogP) is 3.53. The molecule has 3 aromatic rings. The standard InChI is InChI=1S/C21H26N4O/c1-12-6-13(2)21-19(7-12)18(16(5)22-21)9-20(26)24-10-17(11-24)25-15(4)8-14(3)23-25/h6-8,17,22H,9-11H2,1-5H3. The van der Waals surface area contributed by atoms with Crippen LogP contribution in [0.1, 0.15) is 39.8 Å². The van der Waals surface area contributed by atoms with E-state index in [-0.39, 0.29) is 5.91 Å². The minimum absolute atomic E-state index is 0.200. The molecule has 0 aliphatic carbocycles. The van der Waals surface area contributed by atoms with Gasteiger partial charge >= 0.3 is 0 Å². The molecule has 1 N–H and O–H groups in total. The topological polar surface area (TPSA) is 53.9 Å². The molecule has 5 nitrogen and oxygen atoms in total. The van der Waals surface area contributed by atoms with Gasteiger partial charge in [0.25, 0.3) is 0 Å². The van der Waals surface area contributed by atoms with Gasteiger partial charge in [0.1, 0.15) is 0 Å². The van der Waals surface area contributed by atoms with E-state index in [4.69, 9.17) is 0 Å². The van der Waals surface area contributed by atoms with Crippen molar-refractivity contribution in [1.82, 2.24) is 19.7 Å². The van der Waals surface area contributed by atoms with Crippen molar-refractivity contribution in [1.29, 1.82) is 0 Å². The van der Waals surface area contributed by atoms with Crippen LogP contribution in [0.4, 0.5) is 0 Å². The number of rotatable bonds is 3. The fourth-order valence-corrected chi connectivity index (χ4v) is 4.16. The van der Waals surface area contributed by atoms with Gasteiger partial charge in [0, 0.05) is 35.4 Å². The van der Waals surface area contributed by atoms with E-state index in [1.165, 1.54) is 16.5 Å². The molecule has 0 atom stereocenters. The molecule has 0 radical (unpaired) electrons. The lowest BCUT2D eigenvalue weighted by Crippen LogP contribution is -2.51. The van der Waals surface area contributed by atoms with Crippen LogP contribution in [0.25, 0.3) is 10.9 Å². The molecule has 0 unspecified atom stereocenters. The van der Waals surface area contributed by atoms with Crippen LogP contribution < -0.4 is 0 Å². The summed E-state index contributed by atoms with van der Waals surface area (Å²) in [5.74, 6) is 0.200. The maximum absolute atomic E-state index is 12.8. The monoisotopic (exact) mass is 350 g/mol. The van der Waals surface area contributed by atoms with Crippen molar-refractivity contribution in [3.05, 3.63) is 52.0 Å². The van der Waals surface area contributed by atoms with Crippen LogP contribution in [-0.4, -0.2) is 38.7 Å². The number of nitrogens with zero attached hydrogens (tertiary/aromatic N) is 3. The number of fused-ring (bicyclic) bond motifs is 1. The quantitative estimate of drug-likeness (QED) is 0.786. The third kappa shape index (κ3) is 2.71. The fourth-order valence-electron chi connectivity index (χ4n) is 4.16. The largest absolute Gasteiger partial charge is 0.358 e. The molecule has 0 spiro atoms. The number of H-pyrrole nitrogens is 1. The van der Waals surface area contributed by atoms with Gasteiger partial charge in [0.2, 0.25) is 5.91 Å². The Kier molecular flexibility index (Phi) is 3.90. The molecule has 1 amide bonds. The van der Waals surface area contributed by atoms with Gasteiger partial charge in [0.05, 0.1) is 18.2 Å². The number of carbonyl (C=O) groups excluding carboxylic acids is 1. The van der Waals surface area contributed by atoms with Crippen molar-refractivity contribution in [2.75, 3.05) is 13.1 Å². The average Bonchev–Trinajstić information content (AvgIpc) is 2.99. The molecule has 1 aliphatic heterocycles. The zero-order valence-electron chi connectivity index (χ0n) is 16.2. The molecule has 136 valence electrons. The van der Waals surface area contributed by atoms with Crippen LogP contribution in [0.5, 0.6) is 0 Å². The predicted molar refractivity (Wildman–Crippen MR) is 104 cm³/mol. The van der Waals surface area contributed by atoms with Crippen molar-refractivity contribution >= 4 is 16.8 Å². The van der Waals surface area contributed by atoms with Crippen molar-refractivity contribution in [2.45, 2.75) is 47.1 Å². The summed E-state index contributed by atoms with van der Waals surface area (Å²) in [4.78, 5) is 18.2. The Balaban J connectivity index is 1.51. The summed E-state index contributed by atoms with van der Waals surface area (Å²) in [5, 5.41) is 5.73. The summed E-state index contributed by atoms with van der Waals surface area (Å²) in [5.41, 5.74) is 8.04. The molecular formula is C21H26N4O. The van der Waals surface area contributed by atoms with E-state index < -0.39 is 0 Å². The van der Waals surface area contributed by atoms with Gasteiger partial charge in [-0.15, -0.1) is 0 Å². The van der Waals surface area contributed by atoms with E-state index in [9.17, 15) is 4.79 Å². The lowest BCUT2D eigenvalue weighted by atomic mass is 10.0. The maximum Gasteiger partial charge on any atom is 0.227 e. The molecule has 1 saturated heterocycles. The number of aromatic nitrogens is 3. The number of aryl methyl sites for hydroxylation is 5. The maximum atomic E-state index is 12.8. The van der Waals surface area contributed by atoms with Gasteiger partial charge in [-0.25, -0.2) is 0 Å². The second-order valence-electron chi connectivity index (χ2n) is 7.73. The molecular weight excluding hydrogens is 324 g/mol. The number of hydrogen-bond donors (Lipinski definition) is 1. The molecule has 1 aromatic carbocycles. The summed E-state index contributed by atoms with van der Waals surface area (Å²) in [6.45, 7) is 11.9. The van der Waals surface area contributed by atoms with E-state index >= 15 is 0 Å². The summed E-state index contributed by atoms with van der Waals surface area (Å²) in [7, 11) is 0. The first-order valence-electron chi connectivity index (χ1n) is 9.22. The summed E-state index contributed by atoms with van der Waals surface area (Å²) < 4.78 is 2.06. The van der Waals surface area contributed by atoms with Gasteiger partial charge in [-0.1, -0.05) is 11.6 Å². The summed E-state index contributed by atoms with van der Waals surface area (Å²) >= 11 is 0. The first-order chi connectivity index (χ1) is 12.3. The minimum Gasteiger partial charge on any atom is -0.358 e. The molecule has 1 fully saturated rings. The first kappa shape index (κ1) is 16.9. The summed E-state index contributed by atoms with van der Waals surface area (Å²) in [6, 6.07) is 6.76. The number of benzene rings is 1. The molecule has 1 aliphatic rings. The summed E-state index contributed by atoms with van der Waals surface area (Å²) in [6.07, 6.45) is 0.457. The average molecular weight is 350 g/mol. The van der Waals surface area contributed by atoms with Gasteiger partial charge < -0.3 is 9.88 Å². The van der Waals surface area contributed by atoms with Crippen LogP contribution in [0.2, 0.25) is 0 Å². The molecule has 3 heterocycles. The number of aromatic amines is 1. The second kappa shape index (κ2) is 6.01. The number of carbonyl (C=O) groups is 1. The third-order valence-corrected chi connectivity index (χ3v) is 5.50. The number of hydrogen-bond acceptors (Lipinski definition) is 2. The first-order valence-corrected chi connectivity index (χ1v) is 9.22. The number of likely N-dealkylation sites (tertiary alicyclic amines) is 1. The smallest absolute Gasteiger partial charge is 0.227 e. The highest BCUT2D eigenvalue weighted by Gasteiger charge is 2.33. The van der Waals surface area contributed by atoms with Crippen LogP contribution in [0.15, 0.2) is 18.2 Å². The third-order valence-electron chi connectivity index (χ3n) is 5.50. The van der Waals surface area contributed by atoms with E-state index in [1.54, 1.807) is 0 Å². The zero-order chi connectivity index (χ0) is 18.6. The highest BCUT2D eigenvalue weighted by molar-refractivity contribution is 5.92. The van der Waals surface area contributed by atoms with Gasteiger partial charge in [-0.05, 0) is 57.9 Å².